The molecule has 1 amide bonds. The highest BCUT2D eigenvalue weighted by atomic mass is 16.5. The summed E-state index contributed by atoms with van der Waals surface area (Å²) in [6.45, 7) is 16.7. The van der Waals surface area contributed by atoms with Gasteiger partial charge in [0, 0.05) is 12.2 Å². The molecule has 0 aliphatic rings. The number of amides is 1. The summed E-state index contributed by atoms with van der Waals surface area (Å²) >= 11 is 0. The molecule has 0 aliphatic heterocycles. The molecule has 0 heterocycles. The lowest BCUT2D eigenvalue weighted by Crippen LogP contribution is -2.27. The quantitative estimate of drug-likeness (QED) is 0.402. The van der Waals surface area contributed by atoms with Crippen LogP contribution in [0, 0.1) is 5.41 Å². The van der Waals surface area contributed by atoms with Gasteiger partial charge in [-0.2, -0.15) is 0 Å². The van der Waals surface area contributed by atoms with E-state index in [1.54, 1.807) is 44.2 Å². The number of nitrogens with two attached hydrogens (primary N) is 1. The maximum absolute atomic E-state index is 11.8. The molecule has 0 aromatic carbocycles. The van der Waals surface area contributed by atoms with E-state index in [4.69, 9.17) is 15.9 Å². The van der Waals surface area contributed by atoms with Crippen molar-refractivity contribution in [1.82, 2.24) is 5.32 Å². The van der Waals surface area contributed by atoms with Crippen LogP contribution in [0.4, 0.5) is 4.79 Å². The molecule has 0 aliphatic carbocycles. The van der Waals surface area contributed by atoms with Crippen LogP contribution >= 0.6 is 0 Å². The van der Waals surface area contributed by atoms with E-state index < -0.39 is 6.09 Å². The van der Waals surface area contributed by atoms with Gasteiger partial charge in [-0.15, -0.1) is 0 Å². The number of hydrogen-bond acceptors (Lipinski definition) is 4. The Morgan fingerprint density at radius 3 is 2.38 bits per heavy atom. The van der Waals surface area contributed by atoms with Crippen LogP contribution in [0.15, 0.2) is 84.2 Å². The first-order chi connectivity index (χ1) is 12.2. The van der Waals surface area contributed by atoms with Crippen molar-refractivity contribution in [1.29, 1.82) is 5.41 Å². The molecule has 0 atom stereocenters. The summed E-state index contributed by atoms with van der Waals surface area (Å²) in [7, 11) is 0. The molecule has 0 fully saturated rings. The van der Waals surface area contributed by atoms with Crippen molar-refractivity contribution < 1.29 is 9.53 Å². The Labute approximate surface area is 156 Å². The fraction of sp³-hybridized carbons (Fsp3) is 0.238. The zero-order valence-corrected chi connectivity index (χ0v) is 15.9. The predicted molar refractivity (Wildman–Crippen MR) is 110 cm³/mol. The third-order valence-electron chi connectivity index (χ3n) is 3.27. The number of rotatable bonds is 10. The minimum Gasteiger partial charge on any atom is -0.445 e. The zero-order chi connectivity index (χ0) is 20.1. The Morgan fingerprint density at radius 2 is 1.88 bits per heavy atom. The van der Waals surface area contributed by atoms with Gasteiger partial charge >= 0.3 is 6.09 Å². The molecular weight excluding hydrogens is 326 g/mol. The first-order valence-electron chi connectivity index (χ1n) is 8.12. The Kier molecular flexibility index (Phi) is 10.8. The lowest BCUT2D eigenvalue weighted by molar-refractivity contribution is 0.157. The molecule has 0 aromatic heterocycles. The first kappa shape index (κ1) is 22.9. The number of hydrogen-bond donors (Lipinski definition) is 3. The highest BCUT2D eigenvalue weighted by Crippen LogP contribution is 2.07. The monoisotopic (exact) mass is 355 g/mol. The molecule has 5 nitrogen and oxygen atoms in total. The van der Waals surface area contributed by atoms with Crippen molar-refractivity contribution in [2.75, 3.05) is 13.2 Å². The van der Waals surface area contributed by atoms with Crippen LogP contribution < -0.4 is 11.1 Å². The van der Waals surface area contributed by atoms with Crippen LogP contribution in [0.2, 0.25) is 0 Å². The van der Waals surface area contributed by atoms with Gasteiger partial charge in [0.15, 0.2) is 0 Å². The number of ether oxygens (including phenoxy) is 1. The van der Waals surface area contributed by atoms with Gasteiger partial charge in [-0.05, 0) is 43.6 Å². The Balaban J connectivity index is 4.81. The largest absolute Gasteiger partial charge is 0.445 e. The molecule has 0 saturated heterocycles. The molecular formula is C21H29N3O2. The van der Waals surface area contributed by atoms with E-state index in [1.165, 1.54) is 0 Å². The zero-order valence-electron chi connectivity index (χ0n) is 15.9. The van der Waals surface area contributed by atoms with Crippen molar-refractivity contribution in [3.63, 3.8) is 0 Å². The molecule has 0 rings (SSSR count). The second-order valence-corrected chi connectivity index (χ2v) is 5.74. The number of carbonyl (C=O) groups excluding carboxylic acids is 1. The van der Waals surface area contributed by atoms with Crippen molar-refractivity contribution in [3.05, 3.63) is 84.2 Å². The average Bonchev–Trinajstić information content (AvgIpc) is 2.59. The highest BCUT2D eigenvalue weighted by molar-refractivity contribution is 6.05. The van der Waals surface area contributed by atoms with E-state index in [1.807, 2.05) is 13.0 Å². The second kappa shape index (κ2) is 12.3. The normalized spacial score (nSPS) is 13.0. The van der Waals surface area contributed by atoms with Gasteiger partial charge < -0.3 is 21.2 Å². The fourth-order valence-electron chi connectivity index (χ4n) is 1.68. The summed E-state index contributed by atoms with van der Waals surface area (Å²) in [5.74, 6) is 0. The molecule has 140 valence electrons. The maximum Gasteiger partial charge on any atom is 0.407 e. The molecule has 0 bridgehead atoms. The number of allylic oxidation sites excluding steroid dienone is 7. The fourth-order valence-corrected chi connectivity index (χ4v) is 1.68. The van der Waals surface area contributed by atoms with Crippen LogP contribution in [-0.4, -0.2) is 25.0 Å². The third-order valence-corrected chi connectivity index (χ3v) is 3.27. The van der Waals surface area contributed by atoms with Gasteiger partial charge in [0.1, 0.15) is 6.61 Å². The predicted octanol–water partition coefficient (Wildman–Crippen LogP) is 4.34. The molecule has 0 aromatic rings. The summed E-state index contributed by atoms with van der Waals surface area (Å²) in [4.78, 5) is 11.8. The topological polar surface area (TPSA) is 88.2 Å². The summed E-state index contributed by atoms with van der Waals surface area (Å²) in [6.07, 6.45) is 9.70. The first-order valence-corrected chi connectivity index (χ1v) is 8.12. The minimum atomic E-state index is -0.550. The van der Waals surface area contributed by atoms with E-state index in [9.17, 15) is 4.79 Å². The van der Waals surface area contributed by atoms with Crippen LogP contribution in [-0.2, 0) is 4.74 Å². The Bertz CT molecular complexity index is 688. The molecule has 5 heteroatoms. The van der Waals surface area contributed by atoms with E-state index in [2.05, 4.69) is 25.1 Å². The second-order valence-electron chi connectivity index (χ2n) is 5.74. The van der Waals surface area contributed by atoms with Gasteiger partial charge in [-0.3, -0.25) is 0 Å². The van der Waals surface area contributed by atoms with Crippen molar-refractivity contribution in [3.8, 4) is 0 Å². The van der Waals surface area contributed by atoms with Crippen LogP contribution in [0.3, 0.4) is 0 Å². The van der Waals surface area contributed by atoms with Crippen molar-refractivity contribution >= 4 is 11.8 Å². The lowest BCUT2D eigenvalue weighted by atomic mass is 10.1. The summed E-state index contributed by atoms with van der Waals surface area (Å²) < 4.78 is 5.11. The number of nitrogens with one attached hydrogen (secondary N) is 2. The number of alkyl carbamates (subject to hydrolysis) is 1. The molecule has 0 spiro atoms. The maximum atomic E-state index is 11.8. The van der Waals surface area contributed by atoms with Gasteiger partial charge in [0.2, 0.25) is 0 Å². The minimum absolute atomic E-state index is 0.114. The smallest absolute Gasteiger partial charge is 0.407 e. The average molecular weight is 355 g/mol. The molecule has 0 radical (unpaired) electrons. The van der Waals surface area contributed by atoms with E-state index >= 15 is 0 Å². The van der Waals surface area contributed by atoms with Crippen LogP contribution in [0.25, 0.3) is 0 Å². The summed E-state index contributed by atoms with van der Waals surface area (Å²) in [5.41, 5.74) is 9.94. The van der Waals surface area contributed by atoms with Crippen LogP contribution in [0.1, 0.15) is 20.8 Å². The van der Waals surface area contributed by atoms with Crippen molar-refractivity contribution in [2.24, 2.45) is 5.73 Å². The lowest BCUT2D eigenvalue weighted by Gasteiger charge is -2.10. The van der Waals surface area contributed by atoms with E-state index in [-0.39, 0.29) is 13.2 Å². The van der Waals surface area contributed by atoms with E-state index in [0.29, 0.717) is 17.0 Å². The molecule has 0 saturated carbocycles. The highest BCUT2D eigenvalue weighted by Gasteiger charge is 2.05. The number of carbonyl (C=O) groups is 1. The van der Waals surface area contributed by atoms with Crippen molar-refractivity contribution in [2.45, 2.75) is 20.8 Å². The standard InChI is InChI=1S/C21H29N3O2/c1-7-9-18(8-2)14-26-21(25)24-13-19(17(6)22)12-16(5)10-11-20(23)15(3)4/h7-12,23H,1-3,13-14,22H2,4-6H3,(H,24,25)/b11-10-,16-12-,18-9+,19-17+,23-20?. The van der Waals surface area contributed by atoms with Gasteiger partial charge in [-0.25, -0.2) is 4.79 Å². The summed E-state index contributed by atoms with van der Waals surface area (Å²) in [6, 6.07) is 0. The van der Waals surface area contributed by atoms with E-state index in [0.717, 1.165) is 16.7 Å². The summed E-state index contributed by atoms with van der Waals surface area (Å²) in [5, 5.41) is 10.4. The SMILES string of the molecule is C=C/C=C(\C=C)COC(=O)NCC(/C=C(C)\C=C/C(=N)C(=C)C)=C(\C)N. The van der Waals surface area contributed by atoms with Gasteiger partial charge in [0.25, 0.3) is 0 Å². The van der Waals surface area contributed by atoms with Gasteiger partial charge in [0.05, 0.1) is 5.71 Å². The molecule has 26 heavy (non-hydrogen) atoms. The molecule has 0 unspecified atom stereocenters. The van der Waals surface area contributed by atoms with Crippen LogP contribution in [0.5, 0.6) is 0 Å². The molecule has 4 N–H and O–H groups in total. The Hall–Kier alpha value is -3.08. The third kappa shape index (κ3) is 9.93. The van der Waals surface area contributed by atoms with Gasteiger partial charge in [-0.1, -0.05) is 55.7 Å². The Morgan fingerprint density at radius 1 is 1.23 bits per heavy atom.